The Bertz CT molecular complexity index is 281. The lowest BCUT2D eigenvalue weighted by atomic mass is 10.1. The van der Waals surface area contributed by atoms with Crippen LogP contribution < -0.4 is 5.73 Å². The van der Waals surface area contributed by atoms with E-state index in [4.69, 9.17) is 24.7 Å². The number of rotatable bonds is 13. The summed E-state index contributed by atoms with van der Waals surface area (Å²) in [5.41, 5.74) is 3.99. The Hall–Kier alpha value is -1.63. The van der Waals surface area contributed by atoms with Gasteiger partial charge in [-0.15, -0.1) is 19.7 Å². The van der Waals surface area contributed by atoms with E-state index in [0.29, 0.717) is 19.8 Å². The van der Waals surface area contributed by atoms with Gasteiger partial charge in [-0.25, -0.2) is 4.79 Å². The van der Waals surface area contributed by atoms with Crippen molar-refractivity contribution >= 4 is 6.09 Å². The van der Waals surface area contributed by atoms with Crippen LogP contribution in [0, 0.1) is 0 Å². The summed E-state index contributed by atoms with van der Waals surface area (Å²) in [6.45, 7) is 11.8. The lowest BCUT2D eigenvalue weighted by molar-refractivity contribution is -0.125. The van der Waals surface area contributed by atoms with Gasteiger partial charge < -0.3 is 24.7 Å². The zero-order valence-electron chi connectivity index (χ0n) is 11.7. The minimum atomic E-state index is -1.11. The molecule has 0 saturated carbocycles. The van der Waals surface area contributed by atoms with Gasteiger partial charge in [-0.3, -0.25) is 0 Å². The van der Waals surface area contributed by atoms with Crippen molar-refractivity contribution < 1.29 is 23.7 Å². The van der Waals surface area contributed by atoms with Crippen molar-refractivity contribution in [3.63, 3.8) is 0 Å². The van der Waals surface area contributed by atoms with Gasteiger partial charge in [0.2, 0.25) is 0 Å². The van der Waals surface area contributed by atoms with Gasteiger partial charge in [-0.05, 0) is 0 Å². The second kappa shape index (κ2) is 11.2. The van der Waals surface area contributed by atoms with Gasteiger partial charge in [0.15, 0.2) is 5.60 Å². The Morgan fingerprint density at radius 3 is 1.50 bits per heavy atom. The summed E-state index contributed by atoms with van der Waals surface area (Å²) in [7, 11) is 0. The summed E-state index contributed by atoms with van der Waals surface area (Å²) in [5, 5.41) is 0. The molecule has 20 heavy (non-hydrogen) atoms. The Balaban J connectivity index is 4.72. The van der Waals surface area contributed by atoms with Gasteiger partial charge in [-0.2, -0.15) is 0 Å². The molecule has 114 valence electrons. The quantitative estimate of drug-likeness (QED) is 0.409. The van der Waals surface area contributed by atoms with Crippen molar-refractivity contribution in [1.82, 2.24) is 0 Å². The zero-order valence-corrected chi connectivity index (χ0v) is 11.7. The van der Waals surface area contributed by atoms with Crippen molar-refractivity contribution in [2.75, 3.05) is 39.6 Å². The van der Waals surface area contributed by atoms with Crippen LogP contribution in [0.3, 0.4) is 0 Å². The number of ether oxygens (including phenoxy) is 4. The molecule has 1 amide bonds. The number of primary amides is 1. The van der Waals surface area contributed by atoms with Crippen LogP contribution in [0.2, 0.25) is 0 Å². The van der Waals surface area contributed by atoms with Crippen molar-refractivity contribution in [2.24, 2.45) is 5.73 Å². The lowest BCUT2D eigenvalue weighted by Crippen LogP contribution is -2.49. The number of nitrogens with two attached hydrogens (primary N) is 1. The molecule has 0 fully saturated rings. The van der Waals surface area contributed by atoms with Gasteiger partial charge in [0.25, 0.3) is 0 Å². The summed E-state index contributed by atoms with van der Waals surface area (Å²) < 4.78 is 21.2. The second-order valence-corrected chi connectivity index (χ2v) is 4.02. The molecule has 0 bridgehead atoms. The van der Waals surface area contributed by atoms with Gasteiger partial charge in [0.05, 0.1) is 39.6 Å². The molecule has 0 aromatic carbocycles. The molecule has 0 aliphatic heterocycles. The highest BCUT2D eigenvalue weighted by Crippen LogP contribution is 2.15. The molecule has 0 saturated heterocycles. The first-order valence-electron chi connectivity index (χ1n) is 6.14. The maximum atomic E-state index is 11.1. The Morgan fingerprint density at radius 1 is 0.900 bits per heavy atom. The normalized spacial score (nSPS) is 10.8. The summed E-state index contributed by atoms with van der Waals surface area (Å²) in [4.78, 5) is 11.1. The largest absolute Gasteiger partial charge is 0.436 e. The molecule has 0 atom stereocenters. The summed E-state index contributed by atoms with van der Waals surface area (Å²) in [6, 6.07) is 0. The molecule has 0 aromatic rings. The third-order valence-corrected chi connectivity index (χ3v) is 2.12. The van der Waals surface area contributed by atoms with Crippen molar-refractivity contribution in [3.8, 4) is 0 Å². The van der Waals surface area contributed by atoms with Gasteiger partial charge in [0.1, 0.15) is 0 Å². The van der Waals surface area contributed by atoms with E-state index in [1.54, 1.807) is 18.2 Å². The Labute approximate surface area is 119 Å². The first-order valence-corrected chi connectivity index (χ1v) is 6.14. The summed E-state index contributed by atoms with van der Waals surface area (Å²) in [5.74, 6) is 0. The van der Waals surface area contributed by atoms with Gasteiger partial charge in [-0.1, -0.05) is 18.2 Å². The molecule has 0 spiro atoms. The molecule has 6 nitrogen and oxygen atoms in total. The topological polar surface area (TPSA) is 80.0 Å². The summed E-state index contributed by atoms with van der Waals surface area (Å²) in [6.07, 6.45) is 3.84. The minimum Gasteiger partial charge on any atom is -0.436 e. The van der Waals surface area contributed by atoms with Crippen LogP contribution >= 0.6 is 0 Å². The van der Waals surface area contributed by atoms with E-state index in [0.717, 1.165) is 0 Å². The summed E-state index contributed by atoms with van der Waals surface area (Å²) >= 11 is 0. The van der Waals surface area contributed by atoms with Crippen LogP contribution in [0.25, 0.3) is 0 Å². The molecule has 6 heteroatoms. The number of amides is 1. The maximum Gasteiger partial charge on any atom is 0.405 e. The first kappa shape index (κ1) is 18.4. The van der Waals surface area contributed by atoms with Crippen molar-refractivity contribution in [3.05, 3.63) is 38.0 Å². The van der Waals surface area contributed by atoms with Crippen LogP contribution in [0.4, 0.5) is 4.79 Å². The van der Waals surface area contributed by atoms with Crippen molar-refractivity contribution in [1.29, 1.82) is 0 Å². The van der Waals surface area contributed by atoms with Crippen LogP contribution in [-0.4, -0.2) is 51.3 Å². The minimum absolute atomic E-state index is 0.0796. The smallest absolute Gasteiger partial charge is 0.405 e. The van der Waals surface area contributed by atoms with Gasteiger partial charge >= 0.3 is 6.09 Å². The molecule has 0 heterocycles. The molecule has 2 N–H and O–H groups in total. The number of hydrogen-bond donors (Lipinski definition) is 1. The van der Waals surface area contributed by atoms with E-state index in [1.165, 1.54) is 0 Å². The van der Waals surface area contributed by atoms with E-state index < -0.39 is 11.7 Å². The molecular weight excluding hydrogens is 262 g/mol. The highest BCUT2D eigenvalue weighted by molar-refractivity contribution is 5.65. The zero-order chi connectivity index (χ0) is 15.3. The average Bonchev–Trinajstić information content (AvgIpc) is 2.39. The second-order valence-electron chi connectivity index (χ2n) is 4.02. The highest BCUT2D eigenvalue weighted by atomic mass is 16.6. The fourth-order valence-corrected chi connectivity index (χ4v) is 1.41. The van der Waals surface area contributed by atoms with Gasteiger partial charge in [0, 0.05) is 0 Å². The van der Waals surface area contributed by atoms with Crippen LogP contribution in [0.5, 0.6) is 0 Å². The van der Waals surface area contributed by atoms with E-state index in [-0.39, 0.29) is 19.8 Å². The molecule has 0 unspecified atom stereocenters. The van der Waals surface area contributed by atoms with E-state index in [2.05, 4.69) is 19.7 Å². The predicted molar refractivity (Wildman–Crippen MR) is 76.4 cm³/mol. The predicted octanol–water partition coefficient (Wildman–Crippen LogP) is 1.43. The van der Waals surface area contributed by atoms with E-state index in [1.807, 2.05) is 0 Å². The fraction of sp³-hybridized carbons (Fsp3) is 0.500. The van der Waals surface area contributed by atoms with Crippen LogP contribution in [0.1, 0.15) is 0 Å². The molecular formula is C14H23NO5. The van der Waals surface area contributed by atoms with Crippen molar-refractivity contribution in [2.45, 2.75) is 5.60 Å². The average molecular weight is 285 g/mol. The van der Waals surface area contributed by atoms with Crippen LogP contribution in [0.15, 0.2) is 38.0 Å². The lowest BCUT2D eigenvalue weighted by Gasteiger charge is -2.31. The fourth-order valence-electron chi connectivity index (χ4n) is 1.41. The monoisotopic (exact) mass is 285 g/mol. The number of carbonyl (C=O) groups excluding carboxylic acids is 1. The Kier molecular flexibility index (Phi) is 10.3. The third kappa shape index (κ3) is 8.47. The third-order valence-electron chi connectivity index (χ3n) is 2.12. The Morgan fingerprint density at radius 2 is 1.25 bits per heavy atom. The molecule has 0 aliphatic rings. The first-order chi connectivity index (χ1) is 9.60. The standard InChI is InChI=1S/C14H23NO5/c1-4-7-17-10-14(20-13(15)16,11-18-8-5-2)12-19-9-6-3/h4-6H,1-3,7-12H2,(H2,15,16). The van der Waals surface area contributed by atoms with E-state index in [9.17, 15) is 4.79 Å². The molecule has 0 radical (unpaired) electrons. The SMILES string of the molecule is C=CCOCC(COCC=C)(COCC=C)OC(N)=O. The number of carbonyl (C=O) groups is 1. The molecule has 0 aromatic heterocycles. The maximum absolute atomic E-state index is 11.1. The molecule has 0 rings (SSSR count). The number of hydrogen-bond acceptors (Lipinski definition) is 5. The highest BCUT2D eigenvalue weighted by Gasteiger charge is 2.35. The molecule has 0 aliphatic carbocycles. The van der Waals surface area contributed by atoms with E-state index >= 15 is 0 Å². The van der Waals surface area contributed by atoms with Crippen LogP contribution in [-0.2, 0) is 18.9 Å².